The van der Waals surface area contributed by atoms with Crippen LogP contribution in [0.4, 0.5) is 0 Å². The van der Waals surface area contributed by atoms with E-state index in [-0.39, 0.29) is 29.0 Å². The van der Waals surface area contributed by atoms with E-state index in [1.165, 1.54) is 24.6 Å². The van der Waals surface area contributed by atoms with Gasteiger partial charge in [0.15, 0.2) is 0 Å². The monoisotopic (exact) mass is 398 g/mol. The number of nitrogens with zero attached hydrogens (tertiary/aromatic N) is 2. The Morgan fingerprint density at radius 2 is 1.89 bits per heavy atom. The van der Waals surface area contributed by atoms with Gasteiger partial charge in [0, 0.05) is 32.2 Å². The molecule has 0 aliphatic carbocycles. The number of carbonyl (C=O) groups excluding carboxylic acids is 1. The number of hydrogen-bond donors (Lipinski definition) is 0. The minimum Gasteiger partial charge on any atom is -0.497 e. The van der Waals surface area contributed by atoms with Crippen molar-refractivity contribution in [2.75, 3.05) is 53.6 Å². The van der Waals surface area contributed by atoms with Gasteiger partial charge in [0.25, 0.3) is 0 Å². The maximum absolute atomic E-state index is 13.2. The molecule has 0 radical (unpaired) electrons. The Kier molecular flexibility index (Phi) is 6.23. The van der Waals surface area contributed by atoms with Crippen LogP contribution in [0, 0.1) is 5.92 Å². The molecule has 0 saturated carbocycles. The third-order valence-corrected chi connectivity index (χ3v) is 6.93. The molecule has 0 aromatic heterocycles. The topological polar surface area (TPSA) is 85.4 Å². The number of benzene rings is 1. The molecule has 2 saturated heterocycles. The van der Waals surface area contributed by atoms with E-state index in [0.29, 0.717) is 51.4 Å². The first kappa shape index (κ1) is 19.9. The van der Waals surface area contributed by atoms with Gasteiger partial charge in [-0.3, -0.25) is 4.79 Å². The third kappa shape index (κ3) is 4.20. The molecule has 2 fully saturated rings. The zero-order valence-electron chi connectivity index (χ0n) is 15.7. The number of rotatable bonds is 5. The molecule has 2 aliphatic heterocycles. The number of amides is 1. The maximum atomic E-state index is 13.2. The number of hydrogen-bond acceptors (Lipinski definition) is 6. The molecular weight excluding hydrogens is 372 g/mol. The number of methoxy groups -OCH3 is 2. The van der Waals surface area contributed by atoms with E-state index in [4.69, 9.17) is 14.2 Å². The molecule has 1 aromatic rings. The largest absolute Gasteiger partial charge is 0.497 e. The number of morpholine rings is 1. The summed E-state index contributed by atoms with van der Waals surface area (Å²) < 4.78 is 43.5. The van der Waals surface area contributed by atoms with E-state index in [1.54, 1.807) is 17.0 Å². The van der Waals surface area contributed by atoms with Crippen molar-refractivity contribution in [1.82, 2.24) is 9.21 Å². The summed E-state index contributed by atoms with van der Waals surface area (Å²) in [7, 11) is -0.887. The molecule has 0 unspecified atom stereocenters. The van der Waals surface area contributed by atoms with Crippen LogP contribution < -0.4 is 9.47 Å². The van der Waals surface area contributed by atoms with E-state index in [9.17, 15) is 13.2 Å². The summed E-state index contributed by atoms with van der Waals surface area (Å²) >= 11 is 0. The summed E-state index contributed by atoms with van der Waals surface area (Å²) in [6, 6.07) is 4.69. The van der Waals surface area contributed by atoms with Gasteiger partial charge in [0.1, 0.15) is 16.4 Å². The highest BCUT2D eigenvalue weighted by molar-refractivity contribution is 7.89. The van der Waals surface area contributed by atoms with Gasteiger partial charge in [-0.2, -0.15) is 4.31 Å². The van der Waals surface area contributed by atoms with Crippen LogP contribution in [0.3, 0.4) is 0 Å². The highest BCUT2D eigenvalue weighted by Gasteiger charge is 2.36. The predicted molar refractivity (Wildman–Crippen MR) is 98.4 cm³/mol. The van der Waals surface area contributed by atoms with Gasteiger partial charge < -0.3 is 19.1 Å². The van der Waals surface area contributed by atoms with Crippen LogP contribution in [0.1, 0.15) is 12.8 Å². The predicted octanol–water partition coefficient (Wildman–Crippen LogP) is 0.963. The van der Waals surface area contributed by atoms with Crippen LogP contribution in [-0.4, -0.2) is 77.1 Å². The molecule has 27 heavy (non-hydrogen) atoms. The Balaban J connectivity index is 1.81. The van der Waals surface area contributed by atoms with Crippen molar-refractivity contribution in [3.63, 3.8) is 0 Å². The Morgan fingerprint density at radius 3 is 2.56 bits per heavy atom. The number of ether oxygens (including phenoxy) is 3. The van der Waals surface area contributed by atoms with Gasteiger partial charge in [-0.25, -0.2) is 8.42 Å². The zero-order valence-corrected chi connectivity index (χ0v) is 16.5. The summed E-state index contributed by atoms with van der Waals surface area (Å²) in [5, 5.41) is 0. The molecular formula is C18H26N2O6S. The first-order valence-electron chi connectivity index (χ1n) is 9.06. The van der Waals surface area contributed by atoms with Gasteiger partial charge >= 0.3 is 0 Å². The molecule has 1 aromatic carbocycles. The minimum atomic E-state index is -3.80. The molecule has 1 amide bonds. The van der Waals surface area contributed by atoms with Gasteiger partial charge in [-0.05, 0) is 25.0 Å². The molecule has 9 heteroatoms. The summed E-state index contributed by atoms with van der Waals surface area (Å²) in [4.78, 5) is 14.6. The Bertz CT molecular complexity index is 776. The molecule has 150 valence electrons. The van der Waals surface area contributed by atoms with E-state index in [0.717, 1.165) is 0 Å². The lowest BCUT2D eigenvalue weighted by molar-refractivity contribution is -0.140. The standard InChI is InChI=1S/C18H26N2O6S/c1-24-15-5-6-16(25-2)17(12-15)27(22,23)20-7-3-4-14(13-20)18(21)19-8-10-26-11-9-19/h5-6,12,14H,3-4,7-11,13H2,1-2H3/t14-/m0/s1. The Morgan fingerprint density at radius 1 is 1.15 bits per heavy atom. The van der Waals surface area contributed by atoms with Crippen LogP contribution in [-0.2, 0) is 19.6 Å². The van der Waals surface area contributed by atoms with Crippen molar-refractivity contribution in [2.24, 2.45) is 5.92 Å². The highest BCUT2D eigenvalue weighted by atomic mass is 32.2. The molecule has 2 heterocycles. The van der Waals surface area contributed by atoms with Crippen LogP contribution in [0.25, 0.3) is 0 Å². The molecule has 0 bridgehead atoms. The van der Waals surface area contributed by atoms with Gasteiger partial charge in [0.05, 0.1) is 33.4 Å². The quantitative estimate of drug-likeness (QED) is 0.735. The van der Waals surface area contributed by atoms with Crippen LogP contribution in [0.2, 0.25) is 0 Å². The second kappa shape index (κ2) is 8.45. The average molecular weight is 398 g/mol. The van der Waals surface area contributed by atoms with E-state index in [2.05, 4.69) is 0 Å². The molecule has 2 aliphatic rings. The summed E-state index contributed by atoms with van der Waals surface area (Å²) in [6.45, 7) is 2.75. The van der Waals surface area contributed by atoms with Crippen molar-refractivity contribution in [3.05, 3.63) is 18.2 Å². The average Bonchev–Trinajstić information content (AvgIpc) is 2.73. The fourth-order valence-corrected chi connectivity index (χ4v) is 5.22. The van der Waals surface area contributed by atoms with Crippen molar-refractivity contribution in [2.45, 2.75) is 17.7 Å². The third-order valence-electron chi connectivity index (χ3n) is 5.04. The second-order valence-electron chi connectivity index (χ2n) is 6.66. The SMILES string of the molecule is COc1ccc(OC)c(S(=O)(=O)N2CCC[C@H](C(=O)N3CCOCC3)C2)c1. The van der Waals surface area contributed by atoms with Crippen LogP contribution >= 0.6 is 0 Å². The Labute approximate surface area is 160 Å². The van der Waals surface area contributed by atoms with Gasteiger partial charge in [-0.1, -0.05) is 0 Å². The molecule has 1 atom stereocenters. The minimum absolute atomic E-state index is 0.0100. The first-order chi connectivity index (χ1) is 13.0. The Hall–Kier alpha value is -1.84. The van der Waals surface area contributed by atoms with E-state index >= 15 is 0 Å². The van der Waals surface area contributed by atoms with Gasteiger partial charge in [0.2, 0.25) is 15.9 Å². The van der Waals surface area contributed by atoms with Crippen LogP contribution in [0.5, 0.6) is 11.5 Å². The molecule has 0 N–H and O–H groups in total. The molecule has 3 rings (SSSR count). The summed E-state index contributed by atoms with van der Waals surface area (Å²) in [5.74, 6) is 0.379. The normalized spacial score (nSPS) is 21.7. The maximum Gasteiger partial charge on any atom is 0.246 e. The molecule has 0 spiro atoms. The van der Waals surface area contributed by atoms with E-state index in [1.807, 2.05) is 0 Å². The van der Waals surface area contributed by atoms with Crippen LogP contribution in [0.15, 0.2) is 23.1 Å². The van der Waals surface area contributed by atoms with Crippen molar-refractivity contribution >= 4 is 15.9 Å². The lowest BCUT2D eigenvalue weighted by Gasteiger charge is -2.35. The van der Waals surface area contributed by atoms with Crippen molar-refractivity contribution in [1.29, 1.82) is 0 Å². The van der Waals surface area contributed by atoms with E-state index < -0.39 is 10.0 Å². The molecule has 8 nitrogen and oxygen atoms in total. The highest BCUT2D eigenvalue weighted by Crippen LogP contribution is 2.33. The van der Waals surface area contributed by atoms with Crippen molar-refractivity contribution in [3.8, 4) is 11.5 Å². The number of sulfonamides is 1. The smallest absolute Gasteiger partial charge is 0.246 e. The second-order valence-corrected chi connectivity index (χ2v) is 8.56. The fourth-order valence-electron chi connectivity index (χ4n) is 3.53. The fraction of sp³-hybridized carbons (Fsp3) is 0.611. The van der Waals surface area contributed by atoms with Gasteiger partial charge in [-0.15, -0.1) is 0 Å². The lowest BCUT2D eigenvalue weighted by Crippen LogP contribution is -2.49. The lowest BCUT2D eigenvalue weighted by atomic mass is 9.98. The zero-order chi connectivity index (χ0) is 19.4. The number of piperidine rings is 1. The first-order valence-corrected chi connectivity index (χ1v) is 10.5. The van der Waals surface area contributed by atoms with Crippen molar-refractivity contribution < 1.29 is 27.4 Å². The summed E-state index contributed by atoms with van der Waals surface area (Å²) in [5.41, 5.74) is 0. The number of carbonyl (C=O) groups is 1. The summed E-state index contributed by atoms with van der Waals surface area (Å²) in [6.07, 6.45) is 1.34.